The van der Waals surface area contributed by atoms with Gasteiger partial charge in [-0.2, -0.15) is 0 Å². The summed E-state index contributed by atoms with van der Waals surface area (Å²) >= 11 is 0. The van der Waals surface area contributed by atoms with E-state index in [9.17, 15) is 9.59 Å². The number of methoxy groups -OCH3 is 1. The zero-order valence-electron chi connectivity index (χ0n) is 14.5. The SMILES string of the molecule is COC1(C(=O)NC2CCCN(c3ccccc3)C2=O)CCNCC1.Cl. The highest BCUT2D eigenvalue weighted by atomic mass is 35.5. The minimum absolute atomic E-state index is 0. The van der Waals surface area contributed by atoms with Crippen molar-refractivity contribution in [1.29, 1.82) is 0 Å². The summed E-state index contributed by atoms with van der Waals surface area (Å²) in [6.07, 6.45) is 2.79. The third-order valence-electron chi connectivity index (χ3n) is 5.03. The number of ether oxygens (including phenoxy) is 1. The van der Waals surface area contributed by atoms with Crippen LogP contribution in [0.1, 0.15) is 25.7 Å². The van der Waals surface area contributed by atoms with Crippen LogP contribution in [0.15, 0.2) is 30.3 Å². The highest BCUT2D eigenvalue weighted by molar-refractivity contribution is 6.00. The number of carbonyl (C=O) groups is 2. The number of piperidine rings is 2. The lowest BCUT2D eigenvalue weighted by atomic mass is 9.90. The molecule has 0 saturated carbocycles. The first-order valence-electron chi connectivity index (χ1n) is 8.59. The molecule has 0 aliphatic carbocycles. The predicted octanol–water partition coefficient (Wildman–Crippen LogP) is 1.49. The molecule has 2 heterocycles. The van der Waals surface area contributed by atoms with Crippen molar-refractivity contribution in [3.8, 4) is 0 Å². The summed E-state index contributed by atoms with van der Waals surface area (Å²) in [6, 6.07) is 9.13. The Morgan fingerprint density at radius 1 is 1.28 bits per heavy atom. The maximum Gasteiger partial charge on any atom is 0.252 e. The summed E-state index contributed by atoms with van der Waals surface area (Å²) in [5.41, 5.74) is 0.0605. The summed E-state index contributed by atoms with van der Waals surface area (Å²) in [5.74, 6) is -0.208. The normalized spacial score (nSPS) is 22.8. The summed E-state index contributed by atoms with van der Waals surface area (Å²) in [7, 11) is 1.57. The van der Waals surface area contributed by atoms with Crippen molar-refractivity contribution in [3.05, 3.63) is 30.3 Å². The van der Waals surface area contributed by atoms with Crippen LogP contribution in [0.5, 0.6) is 0 Å². The molecule has 7 heteroatoms. The second-order valence-electron chi connectivity index (χ2n) is 6.44. The van der Waals surface area contributed by atoms with Crippen molar-refractivity contribution >= 4 is 29.9 Å². The molecule has 2 aliphatic heterocycles. The van der Waals surface area contributed by atoms with Crippen molar-refractivity contribution < 1.29 is 14.3 Å². The van der Waals surface area contributed by atoms with Crippen LogP contribution in [0.4, 0.5) is 5.69 Å². The second-order valence-corrected chi connectivity index (χ2v) is 6.44. The highest BCUT2D eigenvalue weighted by Crippen LogP contribution is 2.25. The molecule has 25 heavy (non-hydrogen) atoms. The van der Waals surface area contributed by atoms with Gasteiger partial charge >= 0.3 is 0 Å². The predicted molar refractivity (Wildman–Crippen MR) is 99.1 cm³/mol. The van der Waals surface area contributed by atoms with E-state index in [1.54, 1.807) is 12.0 Å². The first-order chi connectivity index (χ1) is 11.7. The van der Waals surface area contributed by atoms with Gasteiger partial charge in [-0.15, -0.1) is 12.4 Å². The van der Waals surface area contributed by atoms with Gasteiger partial charge in [0.15, 0.2) is 0 Å². The van der Waals surface area contributed by atoms with Crippen LogP contribution in [0.25, 0.3) is 0 Å². The molecule has 0 radical (unpaired) electrons. The van der Waals surface area contributed by atoms with E-state index >= 15 is 0 Å². The molecule has 2 amide bonds. The summed E-state index contributed by atoms with van der Waals surface area (Å²) in [4.78, 5) is 27.3. The highest BCUT2D eigenvalue weighted by Gasteiger charge is 2.42. The molecule has 1 aromatic rings. The Morgan fingerprint density at radius 2 is 1.96 bits per heavy atom. The van der Waals surface area contributed by atoms with Gasteiger partial charge in [0.05, 0.1) is 0 Å². The number of rotatable bonds is 4. The van der Waals surface area contributed by atoms with E-state index in [-0.39, 0.29) is 24.2 Å². The lowest BCUT2D eigenvalue weighted by Crippen LogP contribution is -2.60. The first-order valence-corrected chi connectivity index (χ1v) is 8.59. The molecular weight excluding hydrogens is 342 g/mol. The molecule has 2 fully saturated rings. The summed E-state index contributed by atoms with van der Waals surface area (Å²) in [5, 5.41) is 6.18. The van der Waals surface area contributed by atoms with Crippen molar-refractivity contribution in [2.75, 3.05) is 31.6 Å². The van der Waals surface area contributed by atoms with Crippen LogP contribution >= 0.6 is 12.4 Å². The third-order valence-corrected chi connectivity index (χ3v) is 5.03. The van der Waals surface area contributed by atoms with Gasteiger partial charge in [0.2, 0.25) is 5.91 Å². The Morgan fingerprint density at radius 3 is 2.60 bits per heavy atom. The molecule has 2 saturated heterocycles. The lowest BCUT2D eigenvalue weighted by molar-refractivity contribution is -0.149. The van der Waals surface area contributed by atoms with Gasteiger partial charge in [-0.1, -0.05) is 18.2 Å². The largest absolute Gasteiger partial charge is 0.368 e. The molecule has 0 aromatic heterocycles. The topological polar surface area (TPSA) is 70.7 Å². The van der Waals surface area contributed by atoms with E-state index < -0.39 is 11.6 Å². The van der Waals surface area contributed by atoms with Crippen LogP contribution in [-0.2, 0) is 14.3 Å². The molecule has 2 N–H and O–H groups in total. The monoisotopic (exact) mass is 367 g/mol. The van der Waals surface area contributed by atoms with E-state index in [4.69, 9.17) is 4.74 Å². The Hall–Kier alpha value is -1.63. The van der Waals surface area contributed by atoms with Gasteiger partial charge < -0.3 is 20.3 Å². The number of hydrogen-bond donors (Lipinski definition) is 2. The van der Waals surface area contributed by atoms with Crippen molar-refractivity contribution in [1.82, 2.24) is 10.6 Å². The standard InChI is InChI=1S/C18H25N3O3.ClH/c1-24-18(9-11-19-12-10-18)17(23)20-15-8-5-13-21(16(15)22)14-6-3-2-4-7-14;/h2-4,6-7,15,19H,5,8-13H2,1H3,(H,20,23);1H. The van der Waals surface area contributed by atoms with Gasteiger partial charge in [-0.05, 0) is 50.9 Å². The second kappa shape index (κ2) is 8.65. The average Bonchev–Trinajstić information content (AvgIpc) is 2.64. The number of amides is 2. The number of nitrogens with one attached hydrogen (secondary N) is 2. The Kier molecular flexibility index (Phi) is 6.81. The Bertz CT molecular complexity index is 590. The van der Waals surface area contributed by atoms with Gasteiger partial charge in [0.25, 0.3) is 5.91 Å². The smallest absolute Gasteiger partial charge is 0.252 e. The lowest BCUT2D eigenvalue weighted by Gasteiger charge is -2.38. The molecule has 6 nitrogen and oxygen atoms in total. The minimum Gasteiger partial charge on any atom is -0.368 e. The molecule has 0 spiro atoms. The van der Waals surface area contributed by atoms with Gasteiger partial charge in [-0.25, -0.2) is 0 Å². The van der Waals surface area contributed by atoms with Crippen LogP contribution in [0.3, 0.4) is 0 Å². The van der Waals surface area contributed by atoms with Crippen LogP contribution < -0.4 is 15.5 Å². The number of halogens is 1. The van der Waals surface area contributed by atoms with E-state index in [2.05, 4.69) is 10.6 Å². The van der Waals surface area contributed by atoms with E-state index in [0.717, 1.165) is 25.2 Å². The molecule has 1 atom stereocenters. The fourth-order valence-electron chi connectivity index (χ4n) is 3.52. The Balaban J connectivity index is 0.00000225. The average molecular weight is 368 g/mol. The molecule has 138 valence electrons. The van der Waals surface area contributed by atoms with Gasteiger partial charge in [-0.3, -0.25) is 9.59 Å². The first kappa shape index (κ1) is 19.7. The fraction of sp³-hybridized carbons (Fsp3) is 0.556. The van der Waals surface area contributed by atoms with E-state index in [0.29, 0.717) is 25.8 Å². The van der Waals surface area contributed by atoms with Crippen LogP contribution in [-0.4, -0.2) is 50.2 Å². The summed E-state index contributed by atoms with van der Waals surface area (Å²) < 4.78 is 5.55. The van der Waals surface area contributed by atoms with Gasteiger partial charge in [0.1, 0.15) is 11.6 Å². The fourth-order valence-corrected chi connectivity index (χ4v) is 3.52. The molecular formula is C18H26ClN3O3. The maximum atomic E-state index is 12.8. The van der Waals surface area contributed by atoms with Crippen molar-refractivity contribution in [2.45, 2.75) is 37.3 Å². The summed E-state index contributed by atoms with van der Waals surface area (Å²) in [6.45, 7) is 2.18. The quantitative estimate of drug-likeness (QED) is 0.845. The maximum absolute atomic E-state index is 12.8. The number of carbonyl (C=O) groups excluding carboxylic acids is 2. The number of hydrogen-bond acceptors (Lipinski definition) is 4. The molecule has 2 aliphatic rings. The Labute approximate surface area is 154 Å². The number of para-hydroxylation sites is 1. The van der Waals surface area contributed by atoms with Crippen LogP contribution in [0.2, 0.25) is 0 Å². The number of nitrogens with zero attached hydrogens (tertiary/aromatic N) is 1. The third kappa shape index (κ3) is 4.14. The zero-order chi connectivity index (χ0) is 17.0. The van der Waals surface area contributed by atoms with Gasteiger partial charge in [0, 0.05) is 19.3 Å². The minimum atomic E-state index is -0.819. The molecule has 3 rings (SSSR count). The molecule has 0 bridgehead atoms. The van der Waals surface area contributed by atoms with Crippen molar-refractivity contribution in [2.24, 2.45) is 0 Å². The van der Waals surface area contributed by atoms with Crippen molar-refractivity contribution in [3.63, 3.8) is 0 Å². The zero-order valence-corrected chi connectivity index (χ0v) is 15.3. The van der Waals surface area contributed by atoms with Crippen LogP contribution in [0, 0.1) is 0 Å². The molecule has 1 unspecified atom stereocenters. The molecule has 1 aromatic carbocycles. The van der Waals surface area contributed by atoms with E-state index in [1.165, 1.54) is 0 Å². The number of benzene rings is 1. The van der Waals surface area contributed by atoms with E-state index in [1.807, 2.05) is 30.3 Å². The number of anilines is 1.